The lowest BCUT2D eigenvalue weighted by atomic mass is 10.2. The number of hydrogen-bond donors (Lipinski definition) is 3. The molecule has 20 nitrogen and oxygen atoms in total. The Bertz CT molecular complexity index is 3030. The van der Waals surface area contributed by atoms with Gasteiger partial charge in [-0.05, 0) is 107 Å². The Kier molecular flexibility index (Phi) is 42.6. The standard InChI is InChI=1S/C12H15FN2O2.2C11H15FN2O.C10H12ClFN2.C10H13FN2O.C8H8FNO2.C4H8FN.CH4O.3CH4/c1-2-17-12(16)10-4-3-6-14-11(10)15-7-5-9(13)8-15;2*1-15-8-9-3-2-5-13-11(9)14-6-4-10(12)7-14;11-6-8-2-1-4-13-10(8)14-5-3-9(12)7-14;11-9-3-5-13(6-9)10-8(7-14)2-1-4-12-10;1-2-12-8(11)6-4-3-5-10-7(6)9;5-4-1-2-6-3-4;1-2;;;/h3-4,6,9H,2,5,7-8H2,1H3;2*2-3,5,10H,4,6-8H2,1H3;1-2,4,9H,3,5-7H2;1-2,4,9,14H,3,5-7H2;3-5H,2H2,1H3;4,6H,1-3H2;2H,1H3;3*1H4/t9-;2*10-;2*9-;;4-;;;;/m11111.1..../s1. The molecule has 6 saturated heterocycles. The lowest BCUT2D eigenvalue weighted by Crippen LogP contribution is -2.24. The Morgan fingerprint density at radius 1 is 0.480 bits per heavy atom. The number of aromatic nitrogens is 6. The van der Waals surface area contributed by atoms with Crippen LogP contribution in [0.15, 0.2) is 110 Å². The van der Waals surface area contributed by atoms with Gasteiger partial charge in [0.05, 0.1) is 71.6 Å². The molecule has 6 atom stereocenters. The predicted molar refractivity (Wildman–Crippen MR) is 374 cm³/mol. The zero-order valence-corrected chi connectivity index (χ0v) is 55.4. The van der Waals surface area contributed by atoms with Crippen molar-refractivity contribution in [1.29, 1.82) is 0 Å². The van der Waals surface area contributed by atoms with Crippen LogP contribution in [0.1, 0.15) is 118 Å². The Morgan fingerprint density at radius 3 is 1.10 bits per heavy atom. The van der Waals surface area contributed by atoms with Gasteiger partial charge in [-0.1, -0.05) is 46.5 Å². The highest BCUT2D eigenvalue weighted by Crippen LogP contribution is 2.29. The van der Waals surface area contributed by atoms with Crippen LogP contribution in [0.2, 0.25) is 0 Å². The summed E-state index contributed by atoms with van der Waals surface area (Å²) in [5.74, 6) is 2.34. The van der Waals surface area contributed by atoms with Gasteiger partial charge in [0.15, 0.2) is 0 Å². The van der Waals surface area contributed by atoms with Gasteiger partial charge in [-0.15, -0.1) is 11.6 Å². The molecule has 3 N–H and O–H groups in total. The maximum Gasteiger partial charge on any atom is 0.342 e. The van der Waals surface area contributed by atoms with Gasteiger partial charge in [-0.25, -0.2) is 65.8 Å². The highest BCUT2D eigenvalue weighted by Gasteiger charge is 2.29. The number of hydrogen-bond acceptors (Lipinski definition) is 20. The van der Waals surface area contributed by atoms with Crippen LogP contribution in [-0.4, -0.2) is 202 Å². The Balaban J connectivity index is 0.000000389. The van der Waals surface area contributed by atoms with Crippen molar-refractivity contribution in [2.24, 2.45) is 0 Å². The van der Waals surface area contributed by atoms with Crippen molar-refractivity contribution in [1.82, 2.24) is 35.2 Å². The number of nitrogens with one attached hydrogen (secondary N) is 1. The van der Waals surface area contributed by atoms with Crippen LogP contribution in [0.3, 0.4) is 0 Å². The first kappa shape index (κ1) is 86.5. The highest BCUT2D eigenvalue weighted by molar-refractivity contribution is 6.17. The summed E-state index contributed by atoms with van der Waals surface area (Å²) in [7, 11) is 4.30. The third-order valence-corrected chi connectivity index (χ3v) is 15.4. The number of methoxy groups -OCH3 is 2. The summed E-state index contributed by atoms with van der Waals surface area (Å²) < 4.78 is 110. The van der Waals surface area contributed by atoms with Crippen molar-refractivity contribution in [3.63, 3.8) is 0 Å². The van der Waals surface area contributed by atoms with Crippen molar-refractivity contribution in [3.8, 4) is 0 Å². The second-order valence-corrected chi connectivity index (χ2v) is 22.3. The van der Waals surface area contributed by atoms with E-state index < -0.39 is 54.9 Å². The number of carbonyl (C=O) groups excluding carboxylic acids is 2. The van der Waals surface area contributed by atoms with Crippen molar-refractivity contribution in [2.45, 2.75) is 137 Å². The molecule has 6 aliphatic rings. The summed E-state index contributed by atoms with van der Waals surface area (Å²) in [4.78, 5) is 56.8. The quantitative estimate of drug-likeness (QED) is 0.0377. The largest absolute Gasteiger partial charge is 0.462 e. The number of alkyl halides is 7. The average molecular weight is 1410 g/mol. The number of nitrogens with zero attached hydrogens (tertiary/aromatic N) is 11. The number of esters is 2. The number of carbonyl (C=O) groups is 2. The Morgan fingerprint density at radius 2 is 0.796 bits per heavy atom. The van der Waals surface area contributed by atoms with E-state index in [4.69, 9.17) is 36.0 Å². The molecule has 0 amide bonds. The zero-order valence-electron chi connectivity index (χ0n) is 54.6. The smallest absolute Gasteiger partial charge is 0.342 e. The van der Waals surface area contributed by atoms with Crippen LogP contribution < -0.4 is 29.8 Å². The number of pyridine rings is 6. The zero-order chi connectivity index (χ0) is 68.9. The molecule has 0 radical (unpaired) electrons. The van der Waals surface area contributed by atoms with Gasteiger partial charge in [-0.3, -0.25) is 0 Å². The second kappa shape index (κ2) is 48.2. The lowest BCUT2D eigenvalue weighted by Gasteiger charge is -2.19. The second-order valence-electron chi connectivity index (χ2n) is 22.0. The number of anilines is 5. The normalized spacial score (nSPS) is 19.3. The fourth-order valence-electron chi connectivity index (χ4n) is 10.6. The summed E-state index contributed by atoms with van der Waals surface area (Å²) in [6.45, 7) is 11.9. The van der Waals surface area contributed by atoms with Gasteiger partial charge in [0.2, 0.25) is 5.95 Å². The minimum Gasteiger partial charge on any atom is -0.462 e. The first-order chi connectivity index (χ1) is 46.1. The molecule has 0 saturated carbocycles. The molecule has 0 spiro atoms. The molecule has 98 heavy (non-hydrogen) atoms. The van der Waals surface area contributed by atoms with E-state index in [9.17, 15) is 40.3 Å². The van der Waals surface area contributed by atoms with Crippen molar-refractivity contribution >= 4 is 52.6 Å². The van der Waals surface area contributed by atoms with Crippen LogP contribution >= 0.6 is 11.6 Å². The monoisotopic (exact) mass is 1410 g/mol. The molecular weight excluding hydrogens is 1310 g/mol. The van der Waals surface area contributed by atoms with Crippen LogP contribution in [-0.2, 0) is 44.6 Å². The summed E-state index contributed by atoms with van der Waals surface area (Å²) >= 11 is 5.79. The molecule has 0 aromatic carbocycles. The first-order valence-electron chi connectivity index (χ1n) is 31.7. The SMILES string of the molecule is C.C.C.CCOC(=O)c1cccnc1F.CCOC(=O)c1cccnc1N1CC[C@@H](F)C1.CO.COCc1cccnc1N1CC[C@@H](F)C1.COCc1cccnc1N1CC[C@@H](F)C1.F[C@@H]1CCN(c2ncccc2CCl)C1.F[C@@H]1CCNC1.OCc1cccnc1N1CC[C@@H](F)C1. The van der Waals surface area contributed by atoms with Gasteiger partial charge in [0, 0.05) is 120 Å². The van der Waals surface area contributed by atoms with Crippen LogP contribution in [0.4, 0.5) is 59.8 Å². The molecular formula is C70H102ClF7N12O8. The maximum absolute atomic E-state index is 13.2. The fraction of sp³-hybridized carbons (Fsp3) is 0.543. The molecule has 12 rings (SSSR count). The molecule has 6 aromatic heterocycles. The Hall–Kier alpha value is -7.56. The molecule has 546 valence electrons. The summed E-state index contributed by atoms with van der Waals surface area (Å²) in [6, 6.07) is 21.2. The fourth-order valence-corrected chi connectivity index (χ4v) is 10.8. The van der Waals surface area contributed by atoms with Crippen LogP contribution in [0.5, 0.6) is 0 Å². The topological polar surface area (TPSA) is 217 Å². The first-order valence-corrected chi connectivity index (χ1v) is 32.2. The van der Waals surface area contributed by atoms with E-state index in [1.165, 1.54) is 18.3 Å². The van der Waals surface area contributed by atoms with Gasteiger partial charge < -0.3 is 59.0 Å². The predicted octanol–water partition coefficient (Wildman–Crippen LogP) is 12.1. The van der Waals surface area contributed by atoms with Crippen molar-refractivity contribution in [3.05, 3.63) is 149 Å². The van der Waals surface area contributed by atoms with Gasteiger partial charge >= 0.3 is 11.9 Å². The number of halogens is 8. The molecule has 0 aliphatic carbocycles. The molecule has 6 aromatic rings. The molecule has 6 aliphatic heterocycles. The van der Waals surface area contributed by atoms with E-state index in [2.05, 4.69) is 40.0 Å². The molecule has 0 unspecified atom stereocenters. The third-order valence-electron chi connectivity index (χ3n) is 15.1. The van der Waals surface area contributed by atoms with E-state index in [1.807, 2.05) is 62.1 Å². The minimum absolute atomic E-state index is 0. The van der Waals surface area contributed by atoms with E-state index in [0.29, 0.717) is 128 Å². The lowest BCUT2D eigenvalue weighted by molar-refractivity contribution is 0.0513. The van der Waals surface area contributed by atoms with Gasteiger partial charge in [0.25, 0.3) is 0 Å². The van der Waals surface area contributed by atoms with Crippen molar-refractivity contribution < 1.29 is 69.5 Å². The molecule has 6 fully saturated rings. The van der Waals surface area contributed by atoms with E-state index in [-0.39, 0.29) is 41.1 Å². The number of ether oxygens (including phenoxy) is 4. The number of rotatable bonds is 15. The highest BCUT2D eigenvalue weighted by atomic mass is 35.5. The minimum atomic E-state index is -0.841. The van der Waals surface area contributed by atoms with Crippen LogP contribution in [0, 0.1) is 5.95 Å². The van der Waals surface area contributed by atoms with E-state index in [0.717, 1.165) is 78.8 Å². The average Bonchev–Trinajstić information content (AvgIpc) is 1.56. The number of aliphatic hydroxyl groups is 2. The van der Waals surface area contributed by atoms with Gasteiger partial charge in [-0.2, -0.15) is 4.39 Å². The molecule has 0 bridgehead atoms. The number of aliphatic hydroxyl groups excluding tert-OH is 2. The molecule has 12 heterocycles. The van der Waals surface area contributed by atoms with E-state index in [1.54, 1.807) is 82.2 Å². The van der Waals surface area contributed by atoms with Gasteiger partial charge in [0.1, 0.15) is 77.2 Å². The molecule has 28 heteroatoms. The van der Waals surface area contributed by atoms with Crippen LogP contribution in [0.25, 0.3) is 0 Å². The maximum atomic E-state index is 13.2. The summed E-state index contributed by atoms with van der Waals surface area (Å²) in [5, 5.41) is 19.0. The summed E-state index contributed by atoms with van der Waals surface area (Å²) in [5.41, 5.74) is 4.07. The van der Waals surface area contributed by atoms with E-state index >= 15 is 0 Å². The third kappa shape index (κ3) is 28.3. The Labute approximate surface area is 579 Å². The summed E-state index contributed by atoms with van der Waals surface area (Å²) in [6.07, 6.45) is 8.95. The van der Waals surface area contributed by atoms with Crippen molar-refractivity contribution in [2.75, 3.05) is 138 Å².